The predicted octanol–water partition coefficient (Wildman–Crippen LogP) is 1.64. The van der Waals surface area contributed by atoms with Crippen LogP contribution in [0.5, 0.6) is 0 Å². The molecule has 0 unspecified atom stereocenters. The van der Waals surface area contributed by atoms with Crippen LogP contribution in [0.4, 0.5) is 0 Å². The van der Waals surface area contributed by atoms with E-state index < -0.39 is 5.54 Å². The summed E-state index contributed by atoms with van der Waals surface area (Å²) in [6.45, 7) is 2.12. The lowest BCUT2D eigenvalue weighted by Crippen LogP contribution is -2.75. The van der Waals surface area contributed by atoms with Crippen molar-refractivity contribution in [2.45, 2.75) is 37.8 Å². The second kappa shape index (κ2) is 4.58. The van der Waals surface area contributed by atoms with Gasteiger partial charge in [-0.1, -0.05) is 13.0 Å². The fraction of sp³-hybridized carbons (Fsp3) is 0.533. The average molecular weight is 274 g/mol. The minimum atomic E-state index is -0.772. The van der Waals surface area contributed by atoms with E-state index in [1.54, 1.807) is 29.3 Å². The molecule has 2 bridgehead atoms. The van der Waals surface area contributed by atoms with Crippen LogP contribution in [0, 0.1) is 5.92 Å². The summed E-state index contributed by atoms with van der Waals surface area (Å²) in [5.41, 5.74) is -0.383. The van der Waals surface area contributed by atoms with Crippen molar-refractivity contribution in [3.05, 3.63) is 30.1 Å². The Morgan fingerprint density at radius 2 is 2.20 bits per heavy atom. The molecule has 3 atom stereocenters. The number of ether oxygens (including phenoxy) is 1. The number of amides is 1. The largest absolute Gasteiger partial charge is 0.467 e. The fourth-order valence-electron chi connectivity index (χ4n) is 3.74. The van der Waals surface area contributed by atoms with Gasteiger partial charge in [-0.15, -0.1) is 0 Å². The van der Waals surface area contributed by atoms with Gasteiger partial charge >= 0.3 is 5.97 Å². The third-order valence-electron chi connectivity index (χ3n) is 4.43. The van der Waals surface area contributed by atoms with E-state index in [4.69, 9.17) is 4.74 Å². The number of carbonyl (C=O) groups is 2. The highest BCUT2D eigenvalue weighted by Gasteiger charge is 2.63. The zero-order chi connectivity index (χ0) is 14.3. The maximum absolute atomic E-state index is 12.6. The van der Waals surface area contributed by atoms with Gasteiger partial charge < -0.3 is 9.64 Å². The molecule has 3 rings (SSSR count). The molecular weight excluding hydrogens is 256 g/mol. The number of nitrogens with zero attached hydrogens (tertiary/aromatic N) is 2. The number of carbonyl (C=O) groups excluding carboxylic acids is 2. The van der Waals surface area contributed by atoms with Gasteiger partial charge in [0, 0.05) is 18.7 Å². The maximum Gasteiger partial charge on any atom is 0.331 e. The molecule has 20 heavy (non-hydrogen) atoms. The Hall–Kier alpha value is -1.91. The minimum Gasteiger partial charge on any atom is -0.467 e. The third-order valence-corrected chi connectivity index (χ3v) is 4.43. The Bertz CT molecular complexity index is 545. The number of pyridine rings is 1. The molecule has 1 saturated carbocycles. The van der Waals surface area contributed by atoms with E-state index >= 15 is 0 Å². The van der Waals surface area contributed by atoms with Crippen LogP contribution in [0.15, 0.2) is 24.4 Å². The molecule has 1 aliphatic heterocycles. The quantitative estimate of drug-likeness (QED) is 0.769. The summed E-state index contributed by atoms with van der Waals surface area (Å²) in [5.74, 6) is -0.0376. The summed E-state index contributed by atoms with van der Waals surface area (Å²) in [7, 11) is 1.38. The van der Waals surface area contributed by atoms with Crippen molar-refractivity contribution in [2.24, 2.45) is 5.92 Å². The summed E-state index contributed by atoms with van der Waals surface area (Å²) in [6, 6.07) is 5.37. The Labute approximate surface area is 117 Å². The van der Waals surface area contributed by atoms with Gasteiger partial charge in [0.1, 0.15) is 11.2 Å². The standard InChI is InChI=1S/C15H18N2O3/c1-10-7-11-9-15(8-10,14(19)20-2)17(11)13(18)12-5-3-4-6-16-12/h3-6,10-11H,7-9H2,1-2H3/t10-,11-,15+/m1/s1. The topological polar surface area (TPSA) is 59.5 Å². The molecule has 0 spiro atoms. The molecule has 2 heterocycles. The fourth-order valence-corrected chi connectivity index (χ4v) is 3.74. The smallest absolute Gasteiger partial charge is 0.331 e. The Kier molecular flexibility index (Phi) is 3.00. The summed E-state index contributed by atoms with van der Waals surface area (Å²) in [5, 5.41) is 0. The third kappa shape index (κ3) is 1.72. The van der Waals surface area contributed by atoms with Crippen LogP contribution in [0.3, 0.4) is 0 Å². The highest BCUT2D eigenvalue weighted by Crippen LogP contribution is 2.50. The first-order chi connectivity index (χ1) is 9.58. The maximum atomic E-state index is 12.6. The van der Waals surface area contributed by atoms with E-state index in [0.29, 0.717) is 24.5 Å². The van der Waals surface area contributed by atoms with Crippen LogP contribution < -0.4 is 0 Å². The molecule has 5 nitrogen and oxygen atoms in total. The van der Waals surface area contributed by atoms with Crippen LogP contribution in [-0.2, 0) is 9.53 Å². The molecule has 1 aliphatic carbocycles. The highest BCUT2D eigenvalue weighted by atomic mass is 16.5. The second-order valence-corrected chi connectivity index (χ2v) is 5.82. The van der Waals surface area contributed by atoms with Crippen molar-refractivity contribution in [3.8, 4) is 0 Å². The van der Waals surface area contributed by atoms with Gasteiger partial charge in [-0.25, -0.2) is 4.79 Å². The number of methoxy groups -OCH3 is 1. The molecule has 1 aromatic rings. The SMILES string of the molecule is COC(=O)[C@]12C[C@H](C)C[C@H](C1)N2C(=O)c1ccccn1. The number of hydrogen-bond acceptors (Lipinski definition) is 4. The molecule has 1 aromatic heterocycles. The number of fused-ring (bicyclic) bond motifs is 2. The minimum absolute atomic E-state index is 0.132. The average Bonchev–Trinajstić information content (AvgIpc) is 2.46. The van der Waals surface area contributed by atoms with Gasteiger partial charge in [-0.05, 0) is 30.9 Å². The number of rotatable bonds is 2. The molecule has 5 heteroatoms. The summed E-state index contributed by atoms with van der Waals surface area (Å²) in [6.07, 6.45) is 3.92. The van der Waals surface area contributed by atoms with Gasteiger partial charge in [-0.3, -0.25) is 9.78 Å². The van der Waals surface area contributed by atoms with E-state index in [1.807, 2.05) is 0 Å². The highest BCUT2D eigenvalue weighted by molar-refractivity contribution is 5.98. The van der Waals surface area contributed by atoms with E-state index in [0.717, 1.165) is 6.42 Å². The molecule has 0 N–H and O–H groups in total. The lowest BCUT2D eigenvalue weighted by Gasteiger charge is -2.61. The molecule has 1 amide bonds. The molecule has 0 radical (unpaired) electrons. The van der Waals surface area contributed by atoms with Gasteiger partial charge in [0.25, 0.3) is 5.91 Å². The Morgan fingerprint density at radius 3 is 2.85 bits per heavy atom. The van der Waals surface area contributed by atoms with Crippen molar-refractivity contribution >= 4 is 11.9 Å². The van der Waals surface area contributed by atoms with Crippen molar-refractivity contribution in [1.82, 2.24) is 9.88 Å². The zero-order valence-electron chi connectivity index (χ0n) is 11.7. The number of esters is 1. The van der Waals surface area contributed by atoms with E-state index in [2.05, 4.69) is 11.9 Å². The molecular formula is C15H18N2O3. The van der Waals surface area contributed by atoms with Crippen LogP contribution >= 0.6 is 0 Å². The first kappa shape index (κ1) is 13.1. The first-order valence-electron chi connectivity index (χ1n) is 6.91. The second-order valence-electron chi connectivity index (χ2n) is 5.82. The first-order valence-corrected chi connectivity index (χ1v) is 6.91. The van der Waals surface area contributed by atoms with Gasteiger partial charge in [0.15, 0.2) is 0 Å². The van der Waals surface area contributed by atoms with Gasteiger partial charge in [0.05, 0.1) is 7.11 Å². The van der Waals surface area contributed by atoms with Crippen LogP contribution in [0.1, 0.15) is 36.7 Å². The van der Waals surface area contributed by atoms with Crippen LogP contribution in [0.2, 0.25) is 0 Å². The molecule has 1 saturated heterocycles. The van der Waals surface area contributed by atoms with E-state index in [1.165, 1.54) is 7.11 Å². The van der Waals surface area contributed by atoms with Crippen LogP contribution in [0.25, 0.3) is 0 Å². The monoisotopic (exact) mass is 274 g/mol. The van der Waals surface area contributed by atoms with Crippen molar-refractivity contribution in [2.75, 3.05) is 7.11 Å². The Balaban J connectivity index is 1.93. The van der Waals surface area contributed by atoms with E-state index in [-0.39, 0.29) is 17.9 Å². The van der Waals surface area contributed by atoms with Gasteiger partial charge in [-0.2, -0.15) is 0 Å². The molecule has 106 valence electrons. The molecule has 0 aromatic carbocycles. The lowest BCUT2D eigenvalue weighted by molar-refractivity contribution is -0.178. The van der Waals surface area contributed by atoms with E-state index in [9.17, 15) is 9.59 Å². The van der Waals surface area contributed by atoms with Gasteiger partial charge in [0.2, 0.25) is 0 Å². The number of piperidine rings is 1. The summed E-state index contributed by atoms with van der Waals surface area (Å²) in [4.78, 5) is 30.6. The normalized spacial score (nSPS) is 31.4. The van der Waals surface area contributed by atoms with Crippen molar-refractivity contribution in [3.63, 3.8) is 0 Å². The van der Waals surface area contributed by atoms with Crippen molar-refractivity contribution < 1.29 is 14.3 Å². The molecule has 2 aliphatic rings. The summed E-state index contributed by atoms with van der Waals surface area (Å²) < 4.78 is 4.94. The predicted molar refractivity (Wildman–Crippen MR) is 72.0 cm³/mol. The zero-order valence-corrected chi connectivity index (χ0v) is 11.7. The molecule has 2 fully saturated rings. The summed E-state index contributed by atoms with van der Waals surface area (Å²) >= 11 is 0. The number of likely N-dealkylation sites (tertiary alicyclic amines) is 1. The number of aromatic nitrogens is 1. The van der Waals surface area contributed by atoms with Crippen molar-refractivity contribution in [1.29, 1.82) is 0 Å². The lowest BCUT2D eigenvalue weighted by atomic mass is 9.64. The number of hydrogen-bond donors (Lipinski definition) is 0. The van der Waals surface area contributed by atoms with Crippen LogP contribution in [-0.4, -0.2) is 40.5 Å². The Morgan fingerprint density at radius 1 is 1.40 bits per heavy atom.